The van der Waals surface area contributed by atoms with Gasteiger partial charge in [-0.1, -0.05) is 0 Å². The first kappa shape index (κ1) is 16.1. The quantitative estimate of drug-likeness (QED) is 0.363. The Hall–Kier alpha value is -0.900. The molecule has 0 heterocycles. The monoisotopic (exact) mass is 260 g/mol. The number of hydrogen-bond donors (Lipinski definition) is 5. The van der Waals surface area contributed by atoms with Crippen LogP contribution in [0.1, 0.15) is 0 Å². The highest BCUT2D eigenvalue weighted by atomic mass is 19.4. The topological polar surface area (TPSA) is 102 Å². The molecule has 0 rings (SSSR count). The number of halogens is 3. The molecule has 0 aliphatic heterocycles. The van der Waals surface area contributed by atoms with Gasteiger partial charge in [0.25, 0.3) is 0 Å². The summed E-state index contributed by atoms with van der Waals surface area (Å²) in [4.78, 5) is 11.1. The lowest BCUT2D eigenvalue weighted by molar-refractivity contribution is -0.130. The minimum atomic E-state index is -4.43. The van der Waals surface area contributed by atoms with Crippen molar-refractivity contribution in [2.45, 2.75) is 11.7 Å². The number of hydrogen-bond acceptors (Lipinski definition) is 5. The van der Waals surface area contributed by atoms with Crippen LogP contribution in [0.25, 0.3) is 0 Å². The Morgan fingerprint density at radius 1 is 1.06 bits per heavy atom. The second-order valence-corrected chi connectivity index (χ2v) is 3.52. The van der Waals surface area contributed by atoms with Gasteiger partial charge in [0.05, 0.1) is 32.9 Å². The van der Waals surface area contributed by atoms with Crippen LogP contribution in [0.4, 0.5) is 13.2 Å². The summed E-state index contributed by atoms with van der Waals surface area (Å²) in [6.07, 6.45) is -4.43. The predicted molar refractivity (Wildman–Crippen MR) is 51.1 cm³/mol. The number of nitrogens with one attached hydrogen (secondary N) is 2. The van der Waals surface area contributed by atoms with E-state index in [-0.39, 0.29) is 0 Å². The van der Waals surface area contributed by atoms with Crippen molar-refractivity contribution in [2.75, 3.05) is 32.9 Å². The number of amides is 1. The molecule has 0 aromatic heterocycles. The van der Waals surface area contributed by atoms with Gasteiger partial charge in [0.1, 0.15) is 5.54 Å². The van der Waals surface area contributed by atoms with E-state index in [1.807, 2.05) is 10.6 Å². The largest absolute Gasteiger partial charge is 0.401 e. The minimum Gasteiger partial charge on any atom is -0.394 e. The Kier molecular flexibility index (Phi) is 6.39. The molecule has 6 nitrogen and oxygen atoms in total. The summed E-state index contributed by atoms with van der Waals surface area (Å²) in [7, 11) is 0. The van der Waals surface area contributed by atoms with Gasteiger partial charge in [0.2, 0.25) is 5.91 Å². The first-order valence-electron chi connectivity index (χ1n) is 4.69. The van der Waals surface area contributed by atoms with Crippen molar-refractivity contribution in [2.24, 2.45) is 0 Å². The van der Waals surface area contributed by atoms with E-state index in [4.69, 9.17) is 15.3 Å². The first-order valence-corrected chi connectivity index (χ1v) is 4.69. The predicted octanol–water partition coefficient (Wildman–Crippen LogP) is -2.03. The standard InChI is InChI=1S/C8H15F3N2O4/c9-8(10,11)2-12-1-6(17)13-7(3-14,4-15)5-16/h12,14-16H,1-5H2,(H,13,17). The van der Waals surface area contributed by atoms with Crippen LogP contribution in [0.15, 0.2) is 0 Å². The maximum absolute atomic E-state index is 11.7. The van der Waals surface area contributed by atoms with E-state index in [0.717, 1.165) is 0 Å². The van der Waals surface area contributed by atoms with Crippen LogP contribution in [0.5, 0.6) is 0 Å². The van der Waals surface area contributed by atoms with Gasteiger partial charge in [0, 0.05) is 0 Å². The lowest BCUT2D eigenvalue weighted by Crippen LogP contribution is -2.58. The Balaban J connectivity index is 4.08. The van der Waals surface area contributed by atoms with Crippen LogP contribution in [-0.4, -0.2) is 65.9 Å². The lowest BCUT2D eigenvalue weighted by Gasteiger charge is -2.28. The summed E-state index contributed by atoms with van der Waals surface area (Å²) in [6.45, 7) is -4.16. The molecule has 1 amide bonds. The SMILES string of the molecule is O=C(CNCC(F)(F)F)NC(CO)(CO)CO. The van der Waals surface area contributed by atoms with Crippen molar-refractivity contribution in [1.29, 1.82) is 0 Å². The van der Waals surface area contributed by atoms with Crippen LogP contribution >= 0.6 is 0 Å². The van der Waals surface area contributed by atoms with Gasteiger partial charge in [-0.3, -0.25) is 4.79 Å². The van der Waals surface area contributed by atoms with Gasteiger partial charge in [-0.15, -0.1) is 0 Å². The molecule has 0 spiro atoms. The highest BCUT2D eigenvalue weighted by Gasteiger charge is 2.30. The Morgan fingerprint density at radius 3 is 1.88 bits per heavy atom. The Bertz CT molecular complexity index is 235. The fourth-order valence-electron chi connectivity index (χ4n) is 0.926. The number of carbonyl (C=O) groups is 1. The highest BCUT2D eigenvalue weighted by molar-refractivity contribution is 5.78. The summed E-state index contributed by atoms with van der Waals surface area (Å²) in [5.41, 5.74) is -1.63. The lowest BCUT2D eigenvalue weighted by atomic mass is 10.0. The number of alkyl halides is 3. The number of aliphatic hydroxyl groups is 3. The van der Waals surface area contributed by atoms with E-state index in [9.17, 15) is 18.0 Å². The fourth-order valence-corrected chi connectivity index (χ4v) is 0.926. The average Bonchev–Trinajstić information content (AvgIpc) is 2.24. The van der Waals surface area contributed by atoms with Crippen molar-refractivity contribution in [3.8, 4) is 0 Å². The number of aliphatic hydroxyl groups excluding tert-OH is 3. The zero-order valence-electron chi connectivity index (χ0n) is 8.92. The van der Waals surface area contributed by atoms with E-state index < -0.39 is 50.5 Å². The van der Waals surface area contributed by atoms with Crippen molar-refractivity contribution in [3.05, 3.63) is 0 Å². The molecule has 0 aromatic carbocycles. The molecule has 0 fully saturated rings. The molecule has 0 aliphatic carbocycles. The van der Waals surface area contributed by atoms with Crippen molar-refractivity contribution < 1.29 is 33.3 Å². The third-order valence-electron chi connectivity index (χ3n) is 1.92. The average molecular weight is 260 g/mol. The van der Waals surface area contributed by atoms with Gasteiger partial charge < -0.3 is 26.0 Å². The van der Waals surface area contributed by atoms with Crippen LogP contribution in [-0.2, 0) is 4.79 Å². The van der Waals surface area contributed by atoms with Gasteiger partial charge in [0.15, 0.2) is 0 Å². The second-order valence-electron chi connectivity index (χ2n) is 3.52. The van der Waals surface area contributed by atoms with Gasteiger partial charge in [-0.2, -0.15) is 13.2 Å². The molecular weight excluding hydrogens is 245 g/mol. The molecule has 0 aromatic rings. The molecule has 0 atom stereocenters. The fraction of sp³-hybridized carbons (Fsp3) is 0.875. The molecule has 0 radical (unpaired) electrons. The van der Waals surface area contributed by atoms with Crippen LogP contribution in [0, 0.1) is 0 Å². The summed E-state index contributed by atoms with van der Waals surface area (Å²) in [6, 6.07) is 0. The third kappa shape index (κ3) is 6.41. The number of rotatable bonds is 7. The van der Waals surface area contributed by atoms with E-state index >= 15 is 0 Å². The van der Waals surface area contributed by atoms with Gasteiger partial charge >= 0.3 is 6.18 Å². The minimum absolute atomic E-state index is 0.638. The maximum atomic E-state index is 11.7. The molecule has 0 unspecified atom stereocenters. The molecule has 17 heavy (non-hydrogen) atoms. The zero-order chi connectivity index (χ0) is 13.5. The Morgan fingerprint density at radius 2 is 1.53 bits per heavy atom. The first-order chi connectivity index (χ1) is 7.78. The van der Waals surface area contributed by atoms with Gasteiger partial charge in [-0.25, -0.2) is 0 Å². The van der Waals surface area contributed by atoms with E-state index in [0.29, 0.717) is 0 Å². The van der Waals surface area contributed by atoms with Gasteiger partial charge in [-0.05, 0) is 0 Å². The molecule has 5 N–H and O–H groups in total. The maximum Gasteiger partial charge on any atom is 0.401 e. The van der Waals surface area contributed by atoms with Crippen molar-refractivity contribution in [3.63, 3.8) is 0 Å². The smallest absolute Gasteiger partial charge is 0.394 e. The summed E-state index contributed by atoms with van der Waals surface area (Å²) in [5.74, 6) is -0.869. The van der Waals surface area contributed by atoms with Crippen LogP contribution < -0.4 is 10.6 Å². The molecular formula is C8H15F3N2O4. The van der Waals surface area contributed by atoms with Crippen LogP contribution in [0.2, 0.25) is 0 Å². The summed E-state index contributed by atoms with van der Waals surface area (Å²) < 4.78 is 35.2. The van der Waals surface area contributed by atoms with E-state index in [1.165, 1.54) is 0 Å². The highest BCUT2D eigenvalue weighted by Crippen LogP contribution is 2.11. The summed E-state index contributed by atoms with van der Waals surface area (Å²) in [5, 5.41) is 30.4. The molecule has 9 heteroatoms. The molecule has 102 valence electrons. The van der Waals surface area contributed by atoms with Crippen molar-refractivity contribution in [1.82, 2.24) is 10.6 Å². The van der Waals surface area contributed by atoms with Crippen LogP contribution in [0.3, 0.4) is 0 Å². The second kappa shape index (κ2) is 6.74. The third-order valence-corrected chi connectivity index (χ3v) is 1.92. The van der Waals surface area contributed by atoms with E-state index in [2.05, 4.69) is 0 Å². The summed E-state index contributed by atoms with van der Waals surface area (Å²) >= 11 is 0. The zero-order valence-corrected chi connectivity index (χ0v) is 8.92. The van der Waals surface area contributed by atoms with Crippen molar-refractivity contribution >= 4 is 5.91 Å². The normalized spacial score (nSPS) is 12.6. The van der Waals surface area contributed by atoms with E-state index in [1.54, 1.807) is 0 Å². The molecule has 0 saturated heterocycles. The Labute approximate surface area is 95.4 Å². The number of carbonyl (C=O) groups excluding carboxylic acids is 1. The molecule has 0 aliphatic rings. The molecule has 0 bridgehead atoms. The molecule has 0 saturated carbocycles.